The van der Waals surface area contributed by atoms with E-state index < -0.39 is 0 Å². The lowest BCUT2D eigenvalue weighted by Gasteiger charge is -2.40. The van der Waals surface area contributed by atoms with Gasteiger partial charge in [-0.15, -0.1) is 0 Å². The van der Waals surface area contributed by atoms with Crippen molar-refractivity contribution in [2.45, 2.75) is 52.4 Å². The third kappa shape index (κ3) is 4.93. The van der Waals surface area contributed by atoms with Crippen molar-refractivity contribution in [1.29, 1.82) is 0 Å². The predicted molar refractivity (Wildman–Crippen MR) is 72.8 cm³/mol. The second-order valence-corrected chi connectivity index (χ2v) is 5.50. The first-order valence-electron chi connectivity index (χ1n) is 7.08. The average molecular weight is 237 g/mol. The highest BCUT2D eigenvalue weighted by atomic mass is 16.2. The number of carbonyl (C=O) groups is 1. The maximum absolute atomic E-state index is 11.3. The fourth-order valence-corrected chi connectivity index (χ4v) is 2.63. The second kappa shape index (κ2) is 7.52. The van der Waals surface area contributed by atoms with Crippen molar-refractivity contribution in [3.05, 3.63) is 12.7 Å². The zero-order chi connectivity index (χ0) is 12.7. The molecule has 0 aromatic carbocycles. The van der Waals surface area contributed by atoms with Gasteiger partial charge in [-0.05, 0) is 24.3 Å². The van der Waals surface area contributed by atoms with Crippen molar-refractivity contribution in [2.24, 2.45) is 11.8 Å². The molecule has 0 aliphatic carbocycles. The third-order valence-corrected chi connectivity index (χ3v) is 3.73. The number of hydrogen-bond acceptors (Lipinski definition) is 1. The summed E-state index contributed by atoms with van der Waals surface area (Å²) in [6.07, 6.45) is 9.50. The summed E-state index contributed by atoms with van der Waals surface area (Å²) >= 11 is 0. The van der Waals surface area contributed by atoms with Gasteiger partial charge in [-0.1, -0.05) is 52.5 Å². The van der Waals surface area contributed by atoms with Crippen LogP contribution in [0.5, 0.6) is 0 Å². The van der Waals surface area contributed by atoms with Crippen LogP contribution in [0, 0.1) is 11.8 Å². The molecule has 0 saturated carbocycles. The molecule has 1 amide bonds. The molecule has 1 atom stereocenters. The van der Waals surface area contributed by atoms with Crippen molar-refractivity contribution < 1.29 is 4.79 Å². The number of unbranched alkanes of at least 4 members (excludes halogenated alkanes) is 3. The fourth-order valence-electron chi connectivity index (χ4n) is 2.63. The van der Waals surface area contributed by atoms with Crippen LogP contribution < -0.4 is 0 Å². The Balaban J connectivity index is 2.03. The van der Waals surface area contributed by atoms with Gasteiger partial charge in [0.2, 0.25) is 5.91 Å². The largest absolute Gasteiger partial charge is 0.338 e. The highest BCUT2D eigenvalue weighted by Gasteiger charge is 2.29. The predicted octanol–water partition coefficient (Wildman–Crippen LogP) is 3.63. The van der Waals surface area contributed by atoms with Gasteiger partial charge in [0.15, 0.2) is 0 Å². The summed E-state index contributed by atoms with van der Waals surface area (Å²) in [5.74, 6) is 1.65. The zero-order valence-corrected chi connectivity index (χ0v) is 11.5. The van der Waals surface area contributed by atoms with Crippen LogP contribution in [-0.4, -0.2) is 23.9 Å². The first-order valence-corrected chi connectivity index (χ1v) is 7.08. The molecular formula is C15H27NO. The Bertz CT molecular complexity index is 243. The molecule has 0 N–H and O–H groups in total. The van der Waals surface area contributed by atoms with Crippen molar-refractivity contribution in [2.75, 3.05) is 13.1 Å². The molecule has 0 aromatic rings. The van der Waals surface area contributed by atoms with Crippen LogP contribution in [0.25, 0.3) is 0 Å². The van der Waals surface area contributed by atoms with Crippen LogP contribution in [0.1, 0.15) is 52.4 Å². The second-order valence-electron chi connectivity index (χ2n) is 5.50. The number of nitrogens with zero attached hydrogens (tertiary/aromatic N) is 1. The molecular weight excluding hydrogens is 210 g/mol. The van der Waals surface area contributed by atoms with Crippen LogP contribution in [0.3, 0.4) is 0 Å². The summed E-state index contributed by atoms with van der Waals surface area (Å²) in [5, 5.41) is 0. The molecule has 0 bridgehead atoms. The standard InChI is InChI=1S/C15H27NO/c1-4-6-7-8-9-13(3)10-14-11-16(12-14)15(17)5-2/h5,13-14H,2,4,6-12H2,1,3H3. The van der Waals surface area contributed by atoms with E-state index in [4.69, 9.17) is 0 Å². The minimum absolute atomic E-state index is 0.0943. The Labute approximate surface area is 106 Å². The van der Waals surface area contributed by atoms with Gasteiger partial charge in [-0.3, -0.25) is 4.79 Å². The van der Waals surface area contributed by atoms with E-state index in [-0.39, 0.29) is 5.91 Å². The van der Waals surface area contributed by atoms with E-state index in [2.05, 4.69) is 20.4 Å². The maximum Gasteiger partial charge on any atom is 0.245 e. The topological polar surface area (TPSA) is 20.3 Å². The molecule has 0 radical (unpaired) electrons. The molecule has 0 aromatic heterocycles. The van der Waals surface area contributed by atoms with Gasteiger partial charge in [0.1, 0.15) is 0 Å². The number of hydrogen-bond donors (Lipinski definition) is 0. The lowest BCUT2D eigenvalue weighted by Crippen LogP contribution is -2.49. The lowest BCUT2D eigenvalue weighted by molar-refractivity contribution is -0.132. The Hall–Kier alpha value is -0.790. The number of rotatable bonds is 8. The molecule has 1 rings (SSSR count). The summed E-state index contributed by atoms with van der Waals surface area (Å²) in [6.45, 7) is 10.0. The Kier molecular flexibility index (Phi) is 6.31. The van der Waals surface area contributed by atoms with Crippen molar-refractivity contribution >= 4 is 5.91 Å². The normalized spacial score (nSPS) is 17.6. The summed E-state index contributed by atoms with van der Waals surface area (Å²) in [6, 6.07) is 0. The molecule has 1 heterocycles. The molecule has 0 spiro atoms. The summed E-state index contributed by atoms with van der Waals surface area (Å²) < 4.78 is 0. The SMILES string of the molecule is C=CC(=O)N1CC(CC(C)CCCCCC)C1. The maximum atomic E-state index is 11.3. The Morgan fingerprint density at radius 2 is 2.12 bits per heavy atom. The van der Waals surface area contributed by atoms with Gasteiger partial charge in [0, 0.05) is 13.1 Å². The van der Waals surface area contributed by atoms with Crippen LogP contribution >= 0.6 is 0 Å². The van der Waals surface area contributed by atoms with Crippen LogP contribution in [-0.2, 0) is 4.79 Å². The van der Waals surface area contributed by atoms with E-state index in [0.717, 1.165) is 24.9 Å². The number of amides is 1. The van der Waals surface area contributed by atoms with Crippen LogP contribution in [0.2, 0.25) is 0 Å². The van der Waals surface area contributed by atoms with Gasteiger partial charge >= 0.3 is 0 Å². The van der Waals surface area contributed by atoms with E-state index in [0.29, 0.717) is 0 Å². The smallest absolute Gasteiger partial charge is 0.245 e. The van der Waals surface area contributed by atoms with E-state index in [1.165, 1.54) is 44.6 Å². The van der Waals surface area contributed by atoms with Gasteiger partial charge < -0.3 is 4.90 Å². The minimum Gasteiger partial charge on any atom is -0.338 e. The Morgan fingerprint density at radius 3 is 2.71 bits per heavy atom. The van der Waals surface area contributed by atoms with E-state index >= 15 is 0 Å². The monoisotopic (exact) mass is 237 g/mol. The summed E-state index contributed by atoms with van der Waals surface area (Å²) in [7, 11) is 0. The molecule has 1 aliphatic rings. The first-order chi connectivity index (χ1) is 8.17. The van der Waals surface area contributed by atoms with E-state index in [1.807, 2.05) is 4.90 Å². The molecule has 1 fully saturated rings. The molecule has 17 heavy (non-hydrogen) atoms. The number of carbonyl (C=O) groups excluding carboxylic acids is 1. The molecule has 98 valence electrons. The van der Waals surface area contributed by atoms with Gasteiger partial charge in [0.05, 0.1) is 0 Å². The van der Waals surface area contributed by atoms with Crippen molar-refractivity contribution in [3.8, 4) is 0 Å². The molecule has 1 aliphatic heterocycles. The van der Waals surface area contributed by atoms with E-state index in [9.17, 15) is 4.79 Å². The number of likely N-dealkylation sites (tertiary alicyclic amines) is 1. The van der Waals surface area contributed by atoms with Gasteiger partial charge in [-0.2, -0.15) is 0 Å². The molecule has 1 saturated heterocycles. The van der Waals surface area contributed by atoms with Crippen molar-refractivity contribution in [3.63, 3.8) is 0 Å². The highest BCUT2D eigenvalue weighted by molar-refractivity contribution is 5.87. The van der Waals surface area contributed by atoms with Crippen LogP contribution in [0.15, 0.2) is 12.7 Å². The molecule has 2 nitrogen and oxygen atoms in total. The third-order valence-electron chi connectivity index (χ3n) is 3.73. The highest BCUT2D eigenvalue weighted by Crippen LogP contribution is 2.26. The summed E-state index contributed by atoms with van der Waals surface area (Å²) in [5.41, 5.74) is 0. The minimum atomic E-state index is 0.0943. The fraction of sp³-hybridized carbons (Fsp3) is 0.800. The molecule has 1 unspecified atom stereocenters. The van der Waals surface area contributed by atoms with E-state index in [1.54, 1.807) is 0 Å². The average Bonchev–Trinajstić information content (AvgIpc) is 2.28. The summed E-state index contributed by atoms with van der Waals surface area (Å²) in [4.78, 5) is 13.2. The van der Waals surface area contributed by atoms with Gasteiger partial charge in [-0.25, -0.2) is 0 Å². The molecule has 2 heteroatoms. The van der Waals surface area contributed by atoms with Crippen molar-refractivity contribution in [1.82, 2.24) is 4.90 Å². The van der Waals surface area contributed by atoms with Gasteiger partial charge in [0.25, 0.3) is 0 Å². The zero-order valence-electron chi connectivity index (χ0n) is 11.5. The Morgan fingerprint density at radius 1 is 1.41 bits per heavy atom. The lowest BCUT2D eigenvalue weighted by atomic mass is 9.87. The first kappa shape index (κ1) is 14.3. The van der Waals surface area contributed by atoms with Crippen LogP contribution in [0.4, 0.5) is 0 Å². The quantitative estimate of drug-likeness (QED) is 0.466.